The van der Waals surface area contributed by atoms with Gasteiger partial charge >= 0.3 is 5.97 Å². The van der Waals surface area contributed by atoms with Crippen molar-refractivity contribution in [1.29, 1.82) is 0 Å². The van der Waals surface area contributed by atoms with E-state index in [0.717, 1.165) is 32.7 Å². The number of aliphatic carboxylic acids is 1. The molecule has 1 aromatic carbocycles. The molecule has 2 aliphatic rings. The number of benzene rings is 1. The minimum atomic E-state index is -1.03. The van der Waals surface area contributed by atoms with Gasteiger partial charge in [0.25, 0.3) is 0 Å². The highest BCUT2D eigenvalue weighted by Gasteiger charge is 2.34. The maximum absolute atomic E-state index is 11.5. The SMILES string of the molecule is CCN1C(C)=C(C(=O)O)C(Cl)=NC1N1CCN(Cc2ccccc2)CC1. The lowest BCUT2D eigenvalue weighted by Gasteiger charge is -2.44. The molecule has 1 aromatic rings. The highest BCUT2D eigenvalue weighted by molar-refractivity contribution is 6.72. The fourth-order valence-electron chi connectivity index (χ4n) is 3.62. The number of carboxylic acids is 1. The molecule has 1 fully saturated rings. The Morgan fingerprint density at radius 1 is 1.23 bits per heavy atom. The van der Waals surface area contributed by atoms with Crippen molar-refractivity contribution < 1.29 is 9.90 Å². The Bertz CT molecular complexity index is 712. The van der Waals surface area contributed by atoms with Crippen LogP contribution < -0.4 is 0 Å². The van der Waals surface area contributed by atoms with Crippen LogP contribution in [0.5, 0.6) is 0 Å². The molecule has 0 amide bonds. The Balaban J connectivity index is 1.66. The van der Waals surface area contributed by atoms with Crippen molar-refractivity contribution in [2.45, 2.75) is 26.7 Å². The standard InChI is InChI=1S/C19H25ClN4O2/c1-3-24-14(2)16(18(25)26)17(20)21-19(24)23-11-9-22(10-12-23)13-15-7-5-4-6-8-15/h4-8,19H,3,9-13H2,1-2H3,(H,25,26). The average Bonchev–Trinajstić information content (AvgIpc) is 2.62. The van der Waals surface area contributed by atoms with Crippen molar-refractivity contribution in [2.24, 2.45) is 4.99 Å². The highest BCUT2D eigenvalue weighted by atomic mass is 35.5. The molecular formula is C19H25ClN4O2. The quantitative estimate of drug-likeness (QED) is 0.855. The van der Waals surface area contributed by atoms with Gasteiger partial charge in [0.2, 0.25) is 0 Å². The number of carbonyl (C=O) groups is 1. The second-order valence-corrected chi connectivity index (χ2v) is 6.97. The van der Waals surface area contributed by atoms with E-state index in [1.807, 2.05) is 24.8 Å². The molecule has 0 spiro atoms. The third-order valence-corrected chi connectivity index (χ3v) is 5.33. The fraction of sp³-hybridized carbons (Fsp3) is 0.474. The number of hydrogen-bond acceptors (Lipinski definition) is 5. The van der Waals surface area contributed by atoms with Crippen LogP contribution in [-0.2, 0) is 11.3 Å². The third-order valence-electron chi connectivity index (χ3n) is 5.04. The number of carboxylic acid groups (broad SMARTS) is 1. The Kier molecular flexibility index (Phi) is 5.96. The molecule has 0 saturated carbocycles. The summed E-state index contributed by atoms with van der Waals surface area (Å²) in [7, 11) is 0. The number of hydrogen-bond donors (Lipinski definition) is 1. The maximum atomic E-state index is 11.5. The fourth-order valence-corrected chi connectivity index (χ4v) is 3.92. The second-order valence-electron chi connectivity index (χ2n) is 6.62. The van der Waals surface area contributed by atoms with Gasteiger partial charge in [0.1, 0.15) is 10.7 Å². The molecule has 140 valence electrons. The van der Waals surface area contributed by atoms with E-state index >= 15 is 0 Å². The topological polar surface area (TPSA) is 59.4 Å². The van der Waals surface area contributed by atoms with Gasteiger partial charge in [-0.15, -0.1) is 0 Å². The number of rotatable bonds is 5. The summed E-state index contributed by atoms with van der Waals surface area (Å²) in [5.74, 6) is -1.03. The van der Waals surface area contributed by atoms with Crippen molar-refractivity contribution in [2.75, 3.05) is 32.7 Å². The van der Waals surface area contributed by atoms with Gasteiger partial charge in [-0.25, -0.2) is 9.79 Å². The monoisotopic (exact) mass is 376 g/mol. The average molecular weight is 377 g/mol. The molecule has 7 heteroatoms. The largest absolute Gasteiger partial charge is 0.478 e. The van der Waals surface area contributed by atoms with Gasteiger partial charge in [0.05, 0.1) is 0 Å². The molecule has 1 saturated heterocycles. The van der Waals surface area contributed by atoms with E-state index in [4.69, 9.17) is 11.6 Å². The van der Waals surface area contributed by atoms with Crippen LogP contribution in [-0.4, -0.2) is 70.0 Å². The third kappa shape index (κ3) is 3.92. The summed E-state index contributed by atoms with van der Waals surface area (Å²) in [5.41, 5.74) is 2.10. The van der Waals surface area contributed by atoms with Crippen molar-refractivity contribution >= 4 is 22.7 Å². The van der Waals surface area contributed by atoms with E-state index in [-0.39, 0.29) is 17.0 Å². The van der Waals surface area contributed by atoms with Gasteiger partial charge in [-0.05, 0) is 19.4 Å². The first-order chi connectivity index (χ1) is 12.5. The number of nitrogens with zero attached hydrogens (tertiary/aromatic N) is 4. The molecule has 0 aromatic heterocycles. The summed E-state index contributed by atoms with van der Waals surface area (Å²) in [6.07, 6.45) is -0.227. The molecule has 0 aliphatic carbocycles. The lowest BCUT2D eigenvalue weighted by Crippen LogP contribution is -2.56. The van der Waals surface area contributed by atoms with Crippen LogP contribution in [0, 0.1) is 0 Å². The van der Waals surface area contributed by atoms with Gasteiger partial charge in [0.15, 0.2) is 6.29 Å². The first kappa shape index (κ1) is 18.9. The lowest BCUT2D eigenvalue weighted by molar-refractivity contribution is -0.132. The van der Waals surface area contributed by atoms with Crippen LogP contribution >= 0.6 is 11.6 Å². The Morgan fingerprint density at radius 3 is 2.46 bits per heavy atom. The van der Waals surface area contributed by atoms with Gasteiger partial charge in [-0.2, -0.15) is 0 Å². The van der Waals surface area contributed by atoms with E-state index < -0.39 is 5.97 Å². The lowest BCUT2D eigenvalue weighted by atomic mass is 10.1. The predicted octanol–water partition coefficient (Wildman–Crippen LogP) is 2.42. The minimum Gasteiger partial charge on any atom is -0.478 e. The molecular weight excluding hydrogens is 352 g/mol. The van der Waals surface area contributed by atoms with Crippen molar-refractivity contribution in [3.8, 4) is 0 Å². The van der Waals surface area contributed by atoms with Crippen molar-refractivity contribution in [3.05, 3.63) is 47.2 Å². The molecule has 1 N–H and O–H groups in total. The zero-order valence-electron chi connectivity index (χ0n) is 15.2. The summed E-state index contributed by atoms with van der Waals surface area (Å²) in [5, 5.41) is 9.49. The minimum absolute atomic E-state index is 0.0939. The Hall–Kier alpha value is -1.89. The van der Waals surface area contributed by atoms with E-state index in [2.05, 4.69) is 39.1 Å². The van der Waals surface area contributed by atoms with Crippen molar-refractivity contribution in [1.82, 2.24) is 14.7 Å². The number of piperazine rings is 1. The van der Waals surface area contributed by atoms with E-state index in [0.29, 0.717) is 12.2 Å². The molecule has 1 unspecified atom stereocenters. The molecule has 26 heavy (non-hydrogen) atoms. The van der Waals surface area contributed by atoms with E-state index in [1.165, 1.54) is 5.56 Å². The smallest absolute Gasteiger partial charge is 0.340 e. The first-order valence-corrected chi connectivity index (χ1v) is 9.34. The number of aliphatic imine (C=N–C) groups is 1. The van der Waals surface area contributed by atoms with E-state index in [1.54, 1.807) is 0 Å². The normalized spacial score (nSPS) is 22.5. The Labute approximate surface area is 159 Å². The summed E-state index contributed by atoms with van der Waals surface area (Å²) < 4.78 is 0. The van der Waals surface area contributed by atoms with Crippen molar-refractivity contribution in [3.63, 3.8) is 0 Å². The molecule has 2 heterocycles. The highest BCUT2D eigenvalue weighted by Crippen LogP contribution is 2.26. The zero-order chi connectivity index (χ0) is 18.7. The van der Waals surface area contributed by atoms with Crippen LogP contribution in [0.25, 0.3) is 0 Å². The Morgan fingerprint density at radius 2 is 1.88 bits per heavy atom. The summed E-state index contributed by atoms with van der Waals surface area (Å²) >= 11 is 6.19. The van der Waals surface area contributed by atoms with Crippen LogP contribution in [0.15, 0.2) is 46.6 Å². The maximum Gasteiger partial charge on any atom is 0.340 e. The van der Waals surface area contributed by atoms with Crippen LogP contribution in [0.1, 0.15) is 19.4 Å². The molecule has 1 atom stereocenters. The molecule has 6 nitrogen and oxygen atoms in total. The predicted molar refractivity (Wildman–Crippen MR) is 103 cm³/mol. The molecule has 0 bridgehead atoms. The van der Waals surface area contributed by atoms with Gasteiger partial charge in [-0.3, -0.25) is 9.80 Å². The first-order valence-electron chi connectivity index (χ1n) is 8.96. The summed E-state index contributed by atoms with van der Waals surface area (Å²) in [6, 6.07) is 10.5. The summed E-state index contributed by atoms with van der Waals surface area (Å²) in [4.78, 5) is 22.7. The number of allylic oxidation sites excluding steroid dienone is 1. The molecule has 3 rings (SSSR count). The summed E-state index contributed by atoms with van der Waals surface area (Å²) in [6.45, 7) is 9.09. The van der Waals surface area contributed by atoms with Crippen LogP contribution in [0.3, 0.4) is 0 Å². The zero-order valence-corrected chi connectivity index (χ0v) is 16.0. The molecule has 2 aliphatic heterocycles. The van der Waals surface area contributed by atoms with Crippen LogP contribution in [0.2, 0.25) is 0 Å². The number of halogens is 1. The second kappa shape index (κ2) is 8.20. The molecule has 0 radical (unpaired) electrons. The van der Waals surface area contributed by atoms with Gasteiger partial charge in [0, 0.05) is 45.0 Å². The van der Waals surface area contributed by atoms with E-state index in [9.17, 15) is 9.90 Å². The van der Waals surface area contributed by atoms with Crippen LogP contribution in [0.4, 0.5) is 0 Å². The van der Waals surface area contributed by atoms with Gasteiger partial charge < -0.3 is 10.0 Å². The van der Waals surface area contributed by atoms with Gasteiger partial charge in [-0.1, -0.05) is 41.9 Å².